The lowest BCUT2D eigenvalue weighted by atomic mass is 9.92. The highest BCUT2D eigenvalue weighted by Crippen LogP contribution is 2.52. The summed E-state index contributed by atoms with van der Waals surface area (Å²) in [6.07, 6.45) is 0. The van der Waals surface area contributed by atoms with E-state index in [1.165, 1.54) is 231 Å². The third kappa shape index (κ3) is 10.4. The first kappa shape index (κ1) is 67.5. The molecular weight excluding hydrogens is 1450 g/mol. The molecule has 0 saturated heterocycles. The van der Waals surface area contributed by atoms with Crippen LogP contribution in [0, 0.1) is 0 Å². The van der Waals surface area contributed by atoms with Crippen molar-refractivity contribution in [2.45, 2.75) is 0 Å². The van der Waals surface area contributed by atoms with Gasteiger partial charge in [0.15, 0.2) is 0 Å². The molecule has 0 aliphatic heterocycles. The van der Waals surface area contributed by atoms with Gasteiger partial charge in [0.1, 0.15) is 0 Å². The van der Waals surface area contributed by atoms with E-state index in [1.54, 1.807) is 0 Å². The highest BCUT2D eigenvalue weighted by molar-refractivity contribution is 6.21. The fourth-order valence-corrected chi connectivity index (χ4v) is 20.3. The number of hydrogen-bond acceptors (Lipinski definition) is 0. The molecule has 0 fully saturated rings. The Morgan fingerprint density at radius 3 is 0.717 bits per heavy atom. The maximum atomic E-state index is 2.41. The Morgan fingerprint density at radius 1 is 0.108 bits per heavy atom. The second-order valence-electron chi connectivity index (χ2n) is 32.1. The van der Waals surface area contributed by atoms with Gasteiger partial charge in [-0.15, -0.1) is 0 Å². The summed E-state index contributed by atoms with van der Waals surface area (Å²) >= 11 is 0. The third-order valence-electron chi connectivity index (χ3n) is 25.8. The van der Waals surface area contributed by atoms with Crippen molar-refractivity contribution in [2.75, 3.05) is 0 Å². The van der Waals surface area contributed by atoms with E-state index in [2.05, 4.69) is 455 Å². The summed E-state index contributed by atoms with van der Waals surface area (Å²) in [7, 11) is 0. The lowest BCUT2D eigenvalue weighted by Gasteiger charge is -2.12. The topological polar surface area (TPSA) is 19.7 Å². The summed E-state index contributed by atoms with van der Waals surface area (Å²) in [5.41, 5.74) is 39.7. The number of rotatable bonds is 10. The molecular formula is C116H72N4. The van der Waals surface area contributed by atoms with Crippen molar-refractivity contribution >= 4 is 109 Å². The van der Waals surface area contributed by atoms with E-state index < -0.39 is 0 Å². The minimum atomic E-state index is 1.15. The van der Waals surface area contributed by atoms with E-state index >= 15 is 0 Å². The van der Waals surface area contributed by atoms with Crippen molar-refractivity contribution in [1.29, 1.82) is 0 Å². The van der Waals surface area contributed by atoms with E-state index in [1.807, 2.05) is 0 Å². The molecule has 0 saturated carbocycles. The van der Waals surface area contributed by atoms with Crippen LogP contribution in [-0.4, -0.2) is 18.3 Å². The fraction of sp³-hybridized carbons (Fsp3) is 0. The van der Waals surface area contributed by atoms with Crippen LogP contribution in [0.15, 0.2) is 437 Å². The zero-order valence-electron chi connectivity index (χ0n) is 65.4. The van der Waals surface area contributed by atoms with Gasteiger partial charge in [0.2, 0.25) is 0 Å². The van der Waals surface area contributed by atoms with E-state index in [4.69, 9.17) is 0 Å². The van der Waals surface area contributed by atoms with Gasteiger partial charge in [-0.2, -0.15) is 0 Å². The molecule has 20 aromatic carbocycles. The molecule has 556 valence electrons. The van der Waals surface area contributed by atoms with Crippen molar-refractivity contribution in [1.82, 2.24) is 18.3 Å². The zero-order chi connectivity index (χ0) is 78.6. The predicted molar refractivity (Wildman–Crippen MR) is 507 cm³/mol. The average molecular weight is 1520 g/mol. The molecule has 0 N–H and O–H groups in total. The number of nitrogens with zero attached hydrogens (tertiary/aromatic N) is 4. The Morgan fingerprint density at radius 2 is 0.342 bits per heavy atom. The molecule has 0 bridgehead atoms. The average Bonchev–Trinajstić information content (AvgIpc) is 1.59. The standard InChI is InChI=1S/2C58H36N2/c1-2-14-42(15-3-1)59-54-22-8-6-18-47(54)52-35-39(26-32-56(52)59)40-27-33-57-53(36-40)48-19-7-9-23-55(48)60(57)43-28-24-37(25-29-43)38-12-10-13-41(34-38)44-30-31-51-46-17-5-4-16-45(46)50-21-11-20-49(44)58(50)51;1-2-11-42(12-3-1)59-54-19-8-6-15-47(54)52-35-40(27-33-56(52)59)41-28-34-57-53(36-41)48-16-7-9-20-55(48)60(57)43-29-25-38(26-30-43)37-21-23-39(24-22-37)44-31-32-51-46-14-5-4-13-45(46)50-18-10-17-49(44)58(50)51/h2*1-36H. The van der Waals surface area contributed by atoms with Gasteiger partial charge in [-0.3, -0.25) is 0 Å². The van der Waals surface area contributed by atoms with Crippen molar-refractivity contribution in [3.8, 4) is 134 Å². The highest BCUT2D eigenvalue weighted by Gasteiger charge is 2.26. The van der Waals surface area contributed by atoms with Crippen LogP contribution >= 0.6 is 0 Å². The maximum Gasteiger partial charge on any atom is 0.0541 e. The quantitative estimate of drug-likeness (QED) is 0.130. The summed E-state index contributed by atoms with van der Waals surface area (Å²) in [5.74, 6) is 0. The van der Waals surface area contributed by atoms with E-state index in [9.17, 15) is 0 Å². The molecule has 0 amide bonds. The van der Waals surface area contributed by atoms with Gasteiger partial charge in [0, 0.05) is 65.8 Å². The largest absolute Gasteiger partial charge is 0.309 e. The van der Waals surface area contributed by atoms with Crippen LogP contribution in [-0.2, 0) is 0 Å². The molecule has 4 nitrogen and oxygen atoms in total. The third-order valence-corrected chi connectivity index (χ3v) is 25.8. The SMILES string of the molecule is c1ccc(-n2c3ccccc3c3cc(-c4ccc5c(c4)c4ccccc4n5-c4ccc(-c5ccc(-c6ccc7c8c(cccc68)-c6ccccc6-7)cc5)cc4)ccc32)cc1.c1ccc(-n2c3ccccc3c3cc(-c4ccc5c(c4)c4ccccc4n5-c4ccc(-c5cccc(-c6ccc7c8c(cccc68)-c6ccccc6-7)c5)cc4)ccc32)cc1. The molecule has 0 atom stereocenters. The molecule has 0 radical (unpaired) electrons. The molecule has 0 unspecified atom stereocenters. The second kappa shape index (κ2) is 26.9. The molecule has 2 aliphatic rings. The number of para-hydroxylation sites is 6. The minimum Gasteiger partial charge on any atom is -0.309 e. The van der Waals surface area contributed by atoms with Gasteiger partial charge >= 0.3 is 0 Å². The second-order valence-corrected chi connectivity index (χ2v) is 32.1. The summed E-state index contributed by atoms with van der Waals surface area (Å²) < 4.78 is 9.57. The summed E-state index contributed by atoms with van der Waals surface area (Å²) in [6, 6.07) is 161. The number of benzene rings is 20. The molecule has 4 aromatic heterocycles. The molecule has 0 spiro atoms. The Labute approximate surface area is 693 Å². The van der Waals surface area contributed by atoms with Crippen LogP contribution in [0.4, 0.5) is 0 Å². The van der Waals surface area contributed by atoms with E-state index in [-0.39, 0.29) is 0 Å². The van der Waals surface area contributed by atoms with Crippen LogP contribution in [0.5, 0.6) is 0 Å². The highest BCUT2D eigenvalue weighted by atomic mass is 15.0. The van der Waals surface area contributed by atoms with Crippen molar-refractivity contribution in [2.24, 2.45) is 0 Å². The van der Waals surface area contributed by atoms with Gasteiger partial charge in [-0.25, -0.2) is 0 Å². The van der Waals surface area contributed by atoms with Crippen LogP contribution in [0.25, 0.3) is 243 Å². The van der Waals surface area contributed by atoms with Gasteiger partial charge in [0.25, 0.3) is 0 Å². The molecule has 4 heterocycles. The van der Waals surface area contributed by atoms with Crippen molar-refractivity contribution < 1.29 is 0 Å². The Balaban J connectivity index is 0.000000133. The first-order chi connectivity index (χ1) is 59.5. The first-order valence-electron chi connectivity index (χ1n) is 41.5. The Kier molecular flexibility index (Phi) is 15.1. The lowest BCUT2D eigenvalue weighted by Crippen LogP contribution is -1.94. The maximum absolute atomic E-state index is 2.41. The van der Waals surface area contributed by atoms with Gasteiger partial charge < -0.3 is 18.3 Å². The van der Waals surface area contributed by atoms with Gasteiger partial charge in [0.05, 0.1) is 44.1 Å². The first-order valence-corrected chi connectivity index (χ1v) is 41.5. The number of fused-ring (bicyclic) bond motifs is 18. The van der Waals surface area contributed by atoms with Crippen molar-refractivity contribution in [3.05, 3.63) is 437 Å². The molecule has 120 heavy (non-hydrogen) atoms. The predicted octanol–water partition coefficient (Wildman–Crippen LogP) is 31.4. The van der Waals surface area contributed by atoms with Crippen molar-refractivity contribution in [3.63, 3.8) is 0 Å². The summed E-state index contributed by atoms with van der Waals surface area (Å²) in [6.45, 7) is 0. The zero-order valence-corrected chi connectivity index (χ0v) is 65.4. The monoisotopic (exact) mass is 1520 g/mol. The fourth-order valence-electron chi connectivity index (χ4n) is 20.3. The lowest BCUT2D eigenvalue weighted by molar-refractivity contribution is 1.18. The van der Waals surface area contributed by atoms with E-state index in [0.29, 0.717) is 0 Å². The van der Waals surface area contributed by atoms with Crippen LogP contribution in [0.3, 0.4) is 0 Å². The van der Waals surface area contributed by atoms with Gasteiger partial charge in [-0.05, 0) is 260 Å². The normalized spacial score (nSPS) is 12.0. The number of aromatic nitrogens is 4. The molecule has 2 aliphatic carbocycles. The summed E-state index contributed by atoms with van der Waals surface area (Å²) in [5, 5.41) is 15.4. The van der Waals surface area contributed by atoms with E-state index in [0.717, 1.165) is 11.4 Å². The van der Waals surface area contributed by atoms with Crippen LogP contribution < -0.4 is 0 Å². The smallest absolute Gasteiger partial charge is 0.0541 e. The summed E-state index contributed by atoms with van der Waals surface area (Å²) in [4.78, 5) is 0. The van der Waals surface area contributed by atoms with Crippen LogP contribution in [0.2, 0.25) is 0 Å². The minimum absolute atomic E-state index is 1.15. The Bertz CT molecular complexity index is 8300. The number of hydrogen-bond donors (Lipinski definition) is 0. The molecule has 4 heteroatoms. The Hall–Kier alpha value is -15.9. The van der Waals surface area contributed by atoms with Gasteiger partial charge in [-0.1, -0.05) is 309 Å². The molecule has 24 aromatic rings. The van der Waals surface area contributed by atoms with Crippen LogP contribution in [0.1, 0.15) is 0 Å². The molecule has 26 rings (SSSR count).